The minimum Gasteiger partial charge on any atom is -0.494 e. The number of rotatable bonds is 5. The number of amides is 2. The lowest BCUT2D eigenvalue weighted by molar-refractivity contribution is -0.128. The smallest absolute Gasteiger partial charge is 0.266 e. The van der Waals surface area contributed by atoms with Gasteiger partial charge in [0.05, 0.1) is 18.1 Å². The number of ether oxygens (including phenoxy) is 1. The molecule has 1 aromatic rings. The van der Waals surface area contributed by atoms with Crippen LogP contribution in [0.25, 0.3) is 6.08 Å². The molecule has 2 aliphatic rings. The quantitative estimate of drug-likeness (QED) is 0.597. The zero-order valence-corrected chi connectivity index (χ0v) is 16.5. The molecule has 1 N–H and O–H groups in total. The van der Waals surface area contributed by atoms with Crippen molar-refractivity contribution in [1.82, 2.24) is 10.2 Å². The Kier molecular flexibility index (Phi) is 6.33. The van der Waals surface area contributed by atoms with Crippen LogP contribution in [-0.2, 0) is 9.59 Å². The van der Waals surface area contributed by atoms with Gasteiger partial charge in [-0.05, 0) is 30.7 Å². The lowest BCUT2D eigenvalue weighted by Crippen LogP contribution is -2.40. The number of benzene rings is 1. The van der Waals surface area contributed by atoms with E-state index in [0.29, 0.717) is 27.5 Å². The molecule has 2 aliphatic heterocycles. The average Bonchev–Trinajstić information content (AvgIpc) is 3.21. The normalized spacial score (nSPS) is 18.4. The van der Waals surface area contributed by atoms with Crippen LogP contribution in [0.4, 0.5) is 0 Å². The standard InChI is InChI=1S/C17H17N3O3S3/c1-2-23-12-5-3-11(4-6-12)9-13-15(22)20(17(24)26-13)10-14(21)19-16-18-7-8-25-16/h3-6,9H,2,7-8,10H2,1H3,(H,18,19,21)/b13-9+. The SMILES string of the molecule is CCOc1ccc(/C=C2/SC(=S)N(CC(=O)NC3=NCCS3)C2=O)cc1. The second kappa shape index (κ2) is 8.70. The number of carbonyl (C=O) groups is 2. The second-order valence-electron chi connectivity index (χ2n) is 5.35. The van der Waals surface area contributed by atoms with Gasteiger partial charge in [0.25, 0.3) is 5.91 Å². The minimum atomic E-state index is -0.295. The average molecular weight is 408 g/mol. The van der Waals surface area contributed by atoms with Gasteiger partial charge in [0, 0.05) is 5.75 Å². The highest BCUT2D eigenvalue weighted by Gasteiger charge is 2.33. The predicted molar refractivity (Wildman–Crippen MR) is 110 cm³/mol. The van der Waals surface area contributed by atoms with Crippen LogP contribution in [0, 0.1) is 0 Å². The van der Waals surface area contributed by atoms with E-state index in [1.165, 1.54) is 28.4 Å². The van der Waals surface area contributed by atoms with E-state index in [4.69, 9.17) is 17.0 Å². The molecule has 9 heteroatoms. The molecule has 1 aromatic carbocycles. The first-order chi connectivity index (χ1) is 12.6. The molecule has 2 amide bonds. The van der Waals surface area contributed by atoms with E-state index in [-0.39, 0.29) is 18.4 Å². The van der Waals surface area contributed by atoms with Crippen LogP contribution in [0.2, 0.25) is 0 Å². The van der Waals surface area contributed by atoms with Crippen LogP contribution in [-0.4, -0.2) is 51.7 Å². The maximum Gasteiger partial charge on any atom is 0.266 e. The molecule has 2 heterocycles. The summed E-state index contributed by atoms with van der Waals surface area (Å²) in [5.74, 6) is 1.09. The molecule has 0 atom stereocenters. The zero-order chi connectivity index (χ0) is 18.5. The number of hydrogen-bond donors (Lipinski definition) is 1. The van der Waals surface area contributed by atoms with Gasteiger partial charge >= 0.3 is 0 Å². The van der Waals surface area contributed by atoms with E-state index < -0.39 is 0 Å². The fourth-order valence-corrected chi connectivity index (χ4v) is 4.33. The van der Waals surface area contributed by atoms with Crippen LogP contribution in [0.15, 0.2) is 34.2 Å². The maximum atomic E-state index is 12.6. The van der Waals surface area contributed by atoms with E-state index in [1.807, 2.05) is 31.2 Å². The molecule has 1 saturated heterocycles. The van der Waals surface area contributed by atoms with Gasteiger partial charge in [0.1, 0.15) is 16.6 Å². The first-order valence-corrected chi connectivity index (χ1v) is 10.2. The second-order valence-corrected chi connectivity index (χ2v) is 8.11. The van der Waals surface area contributed by atoms with Crippen molar-refractivity contribution in [2.75, 3.05) is 25.4 Å². The molecular weight excluding hydrogens is 390 g/mol. The molecule has 1 fully saturated rings. The van der Waals surface area contributed by atoms with Gasteiger partial charge in [-0.15, -0.1) is 0 Å². The molecule has 0 aliphatic carbocycles. The lowest BCUT2D eigenvalue weighted by Gasteiger charge is -2.13. The van der Waals surface area contributed by atoms with Gasteiger partial charge in [-0.3, -0.25) is 19.5 Å². The van der Waals surface area contributed by atoms with Crippen LogP contribution in [0.5, 0.6) is 5.75 Å². The summed E-state index contributed by atoms with van der Waals surface area (Å²) < 4.78 is 5.78. The molecule has 6 nitrogen and oxygen atoms in total. The van der Waals surface area contributed by atoms with Crippen molar-refractivity contribution in [3.63, 3.8) is 0 Å². The van der Waals surface area contributed by atoms with Crippen molar-refractivity contribution in [3.05, 3.63) is 34.7 Å². The number of carbonyl (C=O) groups excluding carboxylic acids is 2. The van der Waals surface area contributed by atoms with Gasteiger partial charge in [0.2, 0.25) is 5.91 Å². The first kappa shape index (κ1) is 18.9. The van der Waals surface area contributed by atoms with Gasteiger partial charge < -0.3 is 10.1 Å². The number of amidine groups is 1. The van der Waals surface area contributed by atoms with Crippen molar-refractivity contribution >= 4 is 63.1 Å². The van der Waals surface area contributed by atoms with Crippen molar-refractivity contribution in [3.8, 4) is 5.75 Å². The van der Waals surface area contributed by atoms with Crippen LogP contribution in [0.1, 0.15) is 12.5 Å². The molecule has 0 aromatic heterocycles. The van der Waals surface area contributed by atoms with E-state index >= 15 is 0 Å². The fraction of sp³-hybridized carbons (Fsp3) is 0.294. The molecule has 26 heavy (non-hydrogen) atoms. The van der Waals surface area contributed by atoms with Crippen molar-refractivity contribution in [2.45, 2.75) is 6.92 Å². The van der Waals surface area contributed by atoms with Crippen molar-refractivity contribution < 1.29 is 14.3 Å². The lowest BCUT2D eigenvalue weighted by atomic mass is 10.2. The molecule has 0 bridgehead atoms. The summed E-state index contributed by atoms with van der Waals surface area (Å²) in [5.41, 5.74) is 0.870. The summed E-state index contributed by atoms with van der Waals surface area (Å²) in [6.45, 7) is 3.12. The molecule has 0 unspecified atom stereocenters. The molecule has 0 radical (unpaired) electrons. The summed E-state index contributed by atoms with van der Waals surface area (Å²) >= 11 is 7.95. The summed E-state index contributed by atoms with van der Waals surface area (Å²) in [5, 5.41) is 3.31. The van der Waals surface area contributed by atoms with E-state index in [0.717, 1.165) is 17.1 Å². The highest BCUT2D eigenvalue weighted by atomic mass is 32.2. The number of thioether (sulfide) groups is 2. The van der Waals surface area contributed by atoms with E-state index in [1.54, 1.807) is 6.08 Å². The Morgan fingerprint density at radius 1 is 1.42 bits per heavy atom. The third-order valence-electron chi connectivity index (χ3n) is 3.50. The zero-order valence-electron chi connectivity index (χ0n) is 14.1. The van der Waals surface area contributed by atoms with Crippen LogP contribution >= 0.6 is 35.7 Å². The first-order valence-electron chi connectivity index (χ1n) is 8.02. The number of nitrogens with zero attached hydrogens (tertiary/aromatic N) is 2. The fourth-order valence-electron chi connectivity index (χ4n) is 2.33. The molecule has 0 saturated carbocycles. The Bertz CT molecular complexity index is 790. The molecule has 136 valence electrons. The molecule has 3 rings (SSSR count). The Labute approximate surface area is 165 Å². The van der Waals surface area contributed by atoms with Crippen molar-refractivity contribution in [1.29, 1.82) is 0 Å². The number of hydrogen-bond acceptors (Lipinski definition) is 7. The Hall–Kier alpha value is -1.84. The third kappa shape index (κ3) is 4.66. The number of aliphatic imine (C=N–C) groups is 1. The minimum absolute atomic E-state index is 0.106. The summed E-state index contributed by atoms with van der Waals surface area (Å²) in [4.78, 5) is 30.7. The highest BCUT2D eigenvalue weighted by molar-refractivity contribution is 8.26. The Morgan fingerprint density at radius 2 is 2.19 bits per heavy atom. The van der Waals surface area contributed by atoms with Gasteiger partial charge in [0.15, 0.2) is 5.17 Å². The highest BCUT2D eigenvalue weighted by Crippen LogP contribution is 2.32. The topological polar surface area (TPSA) is 71.0 Å². The van der Waals surface area contributed by atoms with Crippen LogP contribution in [0.3, 0.4) is 0 Å². The number of nitrogens with one attached hydrogen (secondary N) is 1. The maximum absolute atomic E-state index is 12.6. The van der Waals surface area contributed by atoms with Gasteiger partial charge in [-0.25, -0.2) is 0 Å². The predicted octanol–water partition coefficient (Wildman–Crippen LogP) is 2.51. The molecular formula is C17H17N3O3S3. The van der Waals surface area contributed by atoms with E-state index in [2.05, 4.69) is 10.3 Å². The van der Waals surface area contributed by atoms with Crippen LogP contribution < -0.4 is 10.1 Å². The Balaban J connectivity index is 1.64. The molecule has 0 spiro atoms. The summed E-state index contributed by atoms with van der Waals surface area (Å²) in [6, 6.07) is 7.45. The van der Waals surface area contributed by atoms with Gasteiger partial charge in [-0.1, -0.05) is 47.9 Å². The number of thiocarbonyl (C=S) groups is 1. The summed E-state index contributed by atoms with van der Waals surface area (Å²) in [7, 11) is 0. The van der Waals surface area contributed by atoms with Crippen molar-refractivity contribution in [2.24, 2.45) is 4.99 Å². The van der Waals surface area contributed by atoms with Gasteiger partial charge in [-0.2, -0.15) is 0 Å². The monoisotopic (exact) mass is 407 g/mol. The Morgan fingerprint density at radius 3 is 2.85 bits per heavy atom. The largest absolute Gasteiger partial charge is 0.494 e. The third-order valence-corrected chi connectivity index (χ3v) is 5.77. The summed E-state index contributed by atoms with van der Waals surface area (Å²) in [6.07, 6.45) is 1.77. The van der Waals surface area contributed by atoms with E-state index in [9.17, 15) is 9.59 Å².